The van der Waals surface area contributed by atoms with Crippen molar-refractivity contribution in [3.63, 3.8) is 0 Å². The van der Waals surface area contributed by atoms with Crippen molar-refractivity contribution in [2.24, 2.45) is 10.9 Å². The van der Waals surface area contributed by atoms with Crippen molar-refractivity contribution < 1.29 is 18.9 Å². The van der Waals surface area contributed by atoms with Gasteiger partial charge < -0.3 is 4.48 Å². The van der Waals surface area contributed by atoms with Gasteiger partial charge in [0.05, 0.1) is 34.2 Å². The Labute approximate surface area is 124 Å². The highest BCUT2D eigenvalue weighted by Gasteiger charge is 2.41. The minimum absolute atomic E-state index is 0.0700. The van der Waals surface area contributed by atoms with Crippen LogP contribution in [0.4, 0.5) is 4.79 Å². The Kier molecular flexibility index (Phi) is 5.37. The standard InChI is InChI=1S/C14H22N4O3/c1-6-8-17-13(20)11(12(19)16-14(17)21)10(2)15-7-9-18(3,4)5/h6,11H,1,7-9H2,2-5H3/p+1. The summed E-state index contributed by atoms with van der Waals surface area (Å²) in [5, 5.41) is 2.18. The van der Waals surface area contributed by atoms with Crippen molar-refractivity contribution in [2.45, 2.75) is 6.92 Å². The van der Waals surface area contributed by atoms with Crippen LogP contribution >= 0.6 is 0 Å². The molecular formula is C14H23N4O3+. The number of likely N-dealkylation sites (N-methyl/N-ethyl adjacent to an activating group) is 1. The monoisotopic (exact) mass is 295 g/mol. The van der Waals surface area contributed by atoms with Crippen LogP contribution in [0, 0.1) is 5.92 Å². The third kappa shape index (κ3) is 4.49. The first-order valence-electron chi connectivity index (χ1n) is 6.76. The molecule has 1 N–H and O–H groups in total. The SMILES string of the molecule is C=CCN1C(=O)NC(=O)C(C(C)=NCC[N+](C)(C)C)C1=O. The molecule has 0 aromatic heterocycles. The third-order valence-corrected chi connectivity index (χ3v) is 3.11. The zero-order valence-corrected chi connectivity index (χ0v) is 13.0. The van der Waals surface area contributed by atoms with E-state index in [-0.39, 0.29) is 6.54 Å². The van der Waals surface area contributed by atoms with E-state index in [2.05, 4.69) is 16.9 Å². The Morgan fingerprint density at radius 2 is 2.00 bits per heavy atom. The Balaban J connectivity index is 2.86. The van der Waals surface area contributed by atoms with Gasteiger partial charge in [-0.05, 0) is 6.92 Å². The molecule has 0 aliphatic carbocycles. The van der Waals surface area contributed by atoms with Crippen molar-refractivity contribution in [2.75, 3.05) is 40.8 Å². The smallest absolute Gasteiger partial charge is 0.329 e. The van der Waals surface area contributed by atoms with Gasteiger partial charge in [-0.15, -0.1) is 6.58 Å². The van der Waals surface area contributed by atoms with Gasteiger partial charge in [-0.1, -0.05) is 6.08 Å². The Morgan fingerprint density at radius 3 is 2.52 bits per heavy atom. The summed E-state index contributed by atoms with van der Waals surface area (Å²) in [6.45, 7) is 6.51. The number of rotatable bonds is 6. The average molecular weight is 295 g/mol. The number of carbonyl (C=O) groups excluding carboxylic acids is 3. The second kappa shape index (κ2) is 6.62. The molecule has 1 aliphatic heterocycles. The fourth-order valence-electron chi connectivity index (χ4n) is 1.90. The van der Waals surface area contributed by atoms with Crippen molar-refractivity contribution in [1.29, 1.82) is 0 Å². The van der Waals surface area contributed by atoms with Crippen LogP contribution in [0.1, 0.15) is 6.92 Å². The number of imide groups is 2. The third-order valence-electron chi connectivity index (χ3n) is 3.11. The maximum Gasteiger partial charge on any atom is 0.331 e. The highest BCUT2D eigenvalue weighted by molar-refractivity contribution is 6.27. The summed E-state index contributed by atoms with van der Waals surface area (Å²) in [6, 6.07) is -0.708. The minimum Gasteiger partial charge on any atom is -0.329 e. The van der Waals surface area contributed by atoms with Gasteiger partial charge in [-0.25, -0.2) is 4.79 Å². The lowest BCUT2D eigenvalue weighted by atomic mass is 9.99. The number of aliphatic imine (C=N–C) groups is 1. The molecule has 4 amide bonds. The highest BCUT2D eigenvalue weighted by Crippen LogP contribution is 2.13. The molecule has 1 saturated heterocycles. The molecule has 0 bridgehead atoms. The molecule has 0 aromatic carbocycles. The van der Waals surface area contributed by atoms with Gasteiger partial charge in [0.1, 0.15) is 0 Å². The molecular weight excluding hydrogens is 272 g/mol. The van der Waals surface area contributed by atoms with Crippen molar-refractivity contribution in [3.05, 3.63) is 12.7 Å². The zero-order chi connectivity index (χ0) is 16.2. The Morgan fingerprint density at radius 1 is 1.38 bits per heavy atom. The van der Waals surface area contributed by atoms with Crippen LogP contribution in [0.25, 0.3) is 0 Å². The molecule has 1 unspecified atom stereocenters. The summed E-state index contributed by atoms with van der Waals surface area (Å²) in [7, 11) is 6.11. The van der Waals surface area contributed by atoms with E-state index in [1.54, 1.807) is 6.92 Å². The first kappa shape index (κ1) is 17.0. The van der Waals surface area contributed by atoms with E-state index >= 15 is 0 Å². The number of hydrogen-bond acceptors (Lipinski definition) is 4. The predicted molar refractivity (Wildman–Crippen MR) is 79.8 cm³/mol. The number of quaternary nitrogens is 1. The van der Waals surface area contributed by atoms with Gasteiger partial charge >= 0.3 is 6.03 Å². The molecule has 7 heteroatoms. The van der Waals surface area contributed by atoms with Gasteiger partial charge in [-0.3, -0.25) is 24.8 Å². The van der Waals surface area contributed by atoms with Crippen LogP contribution in [0.15, 0.2) is 17.6 Å². The molecule has 116 valence electrons. The van der Waals surface area contributed by atoms with Crippen LogP contribution in [0.2, 0.25) is 0 Å². The second-order valence-electron chi connectivity index (χ2n) is 6.00. The van der Waals surface area contributed by atoms with Gasteiger partial charge in [0.25, 0.3) is 0 Å². The Hall–Kier alpha value is -2.02. The summed E-state index contributed by atoms with van der Waals surface area (Å²) in [6.07, 6.45) is 1.44. The van der Waals surface area contributed by atoms with E-state index in [0.29, 0.717) is 12.3 Å². The molecule has 1 fully saturated rings. The van der Waals surface area contributed by atoms with E-state index in [9.17, 15) is 14.4 Å². The van der Waals surface area contributed by atoms with E-state index < -0.39 is 23.8 Å². The van der Waals surface area contributed by atoms with Crippen molar-refractivity contribution in [1.82, 2.24) is 10.2 Å². The minimum atomic E-state index is -1.03. The van der Waals surface area contributed by atoms with Crippen LogP contribution in [-0.2, 0) is 9.59 Å². The van der Waals surface area contributed by atoms with E-state index in [4.69, 9.17) is 0 Å². The summed E-state index contributed by atoms with van der Waals surface area (Å²) in [5.74, 6) is -2.19. The number of urea groups is 1. The number of hydrogen-bond donors (Lipinski definition) is 1. The van der Waals surface area contributed by atoms with Gasteiger partial charge in [-0.2, -0.15) is 0 Å². The van der Waals surface area contributed by atoms with E-state index in [0.717, 1.165) is 15.9 Å². The number of barbiturate groups is 1. The van der Waals surface area contributed by atoms with Crippen LogP contribution < -0.4 is 5.32 Å². The zero-order valence-electron chi connectivity index (χ0n) is 13.0. The molecule has 1 rings (SSSR count). The van der Waals surface area contributed by atoms with Crippen LogP contribution in [0.5, 0.6) is 0 Å². The number of amides is 4. The topological polar surface area (TPSA) is 78.8 Å². The van der Waals surface area contributed by atoms with Crippen molar-refractivity contribution in [3.8, 4) is 0 Å². The molecule has 21 heavy (non-hydrogen) atoms. The lowest BCUT2D eigenvalue weighted by molar-refractivity contribution is -0.868. The molecule has 1 heterocycles. The Bertz CT molecular complexity index is 491. The first-order chi connectivity index (χ1) is 9.67. The lowest BCUT2D eigenvalue weighted by Gasteiger charge is -2.29. The normalized spacial score (nSPS) is 20.6. The molecule has 0 radical (unpaired) electrons. The van der Waals surface area contributed by atoms with Gasteiger partial charge in [0.15, 0.2) is 5.92 Å². The summed E-state index contributed by atoms with van der Waals surface area (Å²) < 4.78 is 0.739. The quantitative estimate of drug-likeness (QED) is 0.325. The fraction of sp³-hybridized carbons (Fsp3) is 0.571. The van der Waals surface area contributed by atoms with E-state index in [1.165, 1.54) is 6.08 Å². The average Bonchev–Trinajstić information content (AvgIpc) is 2.32. The lowest BCUT2D eigenvalue weighted by Crippen LogP contribution is -2.59. The molecule has 0 aromatic rings. The second-order valence-corrected chi connectivity index (χ2v) is 6.00. The molecule has 0 saturated carbocycles. The van der Waals surface area contributed by atoms with Crippen LogP contribution in [-0.4, -0.2) is 73.7 Å². The molecule has 1 aliphatic rings. The van der Waals surface area contributed by atoms with Gasteiger partial charge in [0, 0.05) is 12.3 Å². The van der Waals surface area contributed by atoms with Crippen molar-refractivity contribution >= 4 is 23.6 Å². The maximum absolute atomic E-state index is 12.2. The largest absolute Gasteiger partial charge is 0.331 e. The molecule has 0 spiro atoms. The highest BCUT2D eigenvalue weighted by atomic mass is 16.2. The number of carbonyl (C=O) groups is 3. The number of nitrogens with zero attached hydrogens (tertiary/aromatic N) is 3. The summed E-state index contributed by atoms with van der Waals surface area (Å²) in [4.78, 5) is 41.0. The maximum atomic E-state index is 12.2. The fourth-order valence-corrected chi connectivity index (χ4v) is 1.90. The number of nitrogens with one attached hydrogen (secondary N) is 1. The predicted octanol–water partition coefficient (Wildman–Crippen LogP) is 0.0341. The molecule has 1 atom stereocenters. The summed E-state index contributed by atoms with van der Waals surface area (Å²) >= 11 is 0. The van der Waals surface area contributed by atoms with Gasteiger partial charge in [0.2, 0.25) is 11.8 Å². The first-order valence-corrected chi connectivity index (χ1v) is 6.76. The van der Waals surface area contributed by atoms with E-state index in [1.807, 2.05) is 21.1 Å². The summed E-state index contributed by atoms with van der Waals surface area (Å²) in [5.41, 5.74) is 0.424. The molecule has 7 nitrogen and oxygen atoms in total. The van der Waals surface area contributed by atoms with Crippen LogP contribution in [0.3, 0.4) is 0 Å².